The number of rotatable bonds is 3. The highest BCUT2D eigenvalue weighted by Gasteiger charge is 2.31. The van der Waals surface area contributed by atoms with Crippen molar-refractivity contribution in [3.8, 4) is 22.6 Å². The van der Waals surface area contributed by atoms with Gasteiger partial charge in [-0.2, -0.15) is 13.2 Å². The van der Waals surface area contributed by atoms with Gasteiger partial charge in [0.25, 0.3) is 5.91 Å². The zero-order valence-corrected chi connectivity index (χ0v) is 15.4. The molecule has 0 aliphatic carbocycles. The Balaban J connectivity index is 2.24. The normalized spacial score (nSPS) is 11.6. The molecule has 10 heteroatoms. The SMILES string of the molecule is Cc1ccc(C(F)(F)F)cc1-c1[nH]c(-c2nc(N)ncc2Br)cc1C(N)=O. The van der Waals surface area contributed by atoms with Crippen LogP contribution in [0.5, 0.6) is 0 Å². The molecule has 0 saturated carbocycles. The van der Waals surface area contributed by atoms with Crippen molar-refractivity contribution in [1.29, 1.82) is 0 Å². The van der Waals surface area contributed by atoms with Gasteiger partial charge < -0.3 is 16.5 Å². The molecular formula is C17H13BrF3N5O. The molecule has 5 N–H and O–H groups in total. The monoisotopic (exact) mass is 439 g/mol. The maximum Gasteiger partial charge on any atom is 0.416 e. The third-order valence-corrected chi connectivity index (χ3v) is 4.52. The fourth-order valence-corrected chi connectivity index (χ4v) is 3.03. The second kappa shape index (κ2) is 6.69. The second-order valence-corrected chi connectivity index (χ2v) is 6.64. The summed E-state index contributed by atoms with van der Waals surface area (Å²) in [5.41, 5.74) is 11.9. The Kier molecular flexibility index (Phi) is 4.68. The maximum absolute atomic E-state index is 13.1. The molecule has 6 nitrogen and oxygen atoms in total. The van der Waals surface area contributed by atoms with Crippen molar-refractivity contribution >= 4 is 27.8 Å². The number of H-pyrrole nitrogens is 1. The van der Waals surface area contributed by atoms with Crippen LogP contribution >= 0.6 is 15.9 Å². The van der Waals surface area contributed by atoms with E-state index in [1.165, 1.54) is 18.3 Å². The van der Waals surface area contributed by atoms with E-state index < -0.39 is 17.6 Å². The lowest BCUT2D eigenvalue weighted by Gasteiger charge is -2.11. The summed E-state index contributed by atoms with van der Waals surface area (Å²) in [6.07, 6.45) is -3.09. The number of nitrogen functional groups attached to an aromatic ring is 1. The standard InChI is InChI=1S/C17H13BrF3N5O/c1-7-2-3-8(17(19,20)21)4-9(7)13-10(15(22)27)5-12(25-13)14-11(18)6-24-16(23)26-14/h2-6,25H,1H3,(H2,22,27)(H2,23,24,26). The number of carbonyl (C=O) groups excluding carboxylic acids is 1. The highest BCUT2D eigenvalue weighted by molar-refractivity contribution is 9.10. The number of nitrogens with one attached hydrogen (secondary N) is 1. The molecule has 140 valence electrons. The average Bonchev–Trinajstić information content (AvgIpc) is 3.01. The van der Waals surface area contributed by atoms with Crippen LogP contribution in [0.25, 0.3) is 22.6 Å². The number of hydrogen-bond acceptors (Lipinski definition) is 4. The van der Waals surface area contributed by atoms with Crippen molar-refractivity contribution in [3.05, 3.63) is 51.6 Å². The molecule has 3 rings (SSSR count). The van der Waals surface area contributed by atoms with E-state index in [9.17, 15) is 18.0 Å². The molecule has 0 saturated heterocycles. The number of nitrogens with zero attached hydrogens (tertiary/aromatic N) is 2. The number of aromatic amines is 1. The van der Waals surface area contributed by atoms with Gasteiger partial charge in [0.15, 0.2) is 0 Å². The number of primary amides is 1. The van der Waals surface area contributed by atoms with E-state index in [1.807, 2.05) is 0 Å². The maximum atomic E-state index is 13.1. The predicted octanol–water partition coefficient (Wildman–Crippen LogP) is 3.91. The van der Waals surface area contributed by atoms with Gasteiger partial charge >= 0.3 is 6.18 Å². The van der Waals surface area contributed by atoms with E-state index in [-0.39, 0.29) is 22.8 Å². The Labute approximate surface area is 159 Å². The summed E-state index contributed by atoms with van der Waals surface area (Å²) in [6.45, 7) is 1.64. The Hall–Kier alpha value is -2.88. The van der Waals surface area contributed by atoms with Gasteiger partial charge in [-0.3, -0.25) is 4.79 Å². The van der Waals surface area contributed by atoms with Crippen LogP contribution in [-0.2, 0) is 6.18 Å². The van der Waals surface area contributed by atoms with E-state index in [2.05, 4.69) is 30.9 Å². The first kappa shape index (κ1) is 18.9. The van der Waals surface area contributed by atoms with E-state index in [4.69, 9.17) is 11.5 Å². The molecule has 2 heterocycles. The number of carbonyl (C=O) groups is 1. The minimum absolute atomic E-state index is 0.000208. The van der Waals surface area contributed by atoms with Gasteiger partial charge in [-0.05, 0) is 46.6 Å². The first-order chi connectivity index (χ1) is 12.6. The van der Waals surface area contributed by atoms with Gasteiger partial charge in [-0.25, -0.2) is 9.97 Å². The van der Waals surface area contributed by atoms with E-state index >= 15 is 0 Å². The molecule has 0 unspecified atom stereocenters. The smallest absolute Gasteiger partial charge is 0.368 e. The van der Waals surface area contributed by atoms with Gasteiger partial charge in [-0.1, -0.05) is 6.07 Å². The summed E-state index contributed by atoms with van der Waals surface area (Å²) in [6, 6.07) is 4.71. The van der Waals surface area contributed by atoms with Crippen LogP contribution in [0.15, 0.2) is 34.9 Å². The first-order valence-electron chi connectivity index (χ1n) is 7.57. The van der Waals surface area contributed by atoms with Gasteiger partial charge in [0.2, 0.25) is 5.95 Å². The molecule has 0 fully saturated rings. The molecule has 0 bridgehead atoms. The lowest BCUT2D eigenvalue weighted by atomic mass is 9.99. The number of hydrogen-bond donors (Lipinski definition) is 3. The minimum Gasteiger partial charge on any atom is -0.368 e. The number of aryl methyl sites for hydroxylation is 1. The van der Waals surface area contributed by atoms with E-state index in [0.717, 1.165) is 12.1 Å². The summed E-state index contributed by atoms with van der Waals surface area (Å²) in [4.78, 5) is 22.8. The third kappa shape index (κ3) is 3.65. The molecule has 2 aromatic heterocycles. The van der Waals surface area contributed by atoms with Crippen molar-refractivity contribution in [2.45, 2.75) is 13.1 Å². The number of benzene rings is 1. The zero-order valence-electron chi connectivity index (χ0n) is 13.9. The van der Waals surface area contributed by atoms with Crippen molar-refractivity contribution in [1.82, 2.24) is 15.0 Å². The van der Waals surface area contributed by atoms with Crippen molar-refractivity contribution in [2.75, 3.05) is 5.73 Å². The lowest BCUT2D eigenvalue weighted by Crippen LogP contribution is -2.11. The number of amides is 1. The molecule has 27 heavy (non-hydrogen) atoms. The quantitative estimate of drug-likeness (QED) is 0.574. The number of alkyl halides is 3. The van der Waals surface area contributed by atoms with Gasteiger partial charge in [0, 0.05) is 11.8 Å². The Morgan fingerprint density at radius 1 is 1.26 bits per heavy atom. The highest BCUT2D eigenvalue weighted by Crippen LogP contribution is 2.36. The second-order valence-electron chi connectivity index (χ2n) is 5.79. The van der Waals surface area contributed by atoms with Gasteiger partial charge in [0.05, 0.1) is 27.0 Å². The fourth-order valence-electron chi connectivity index (χ4n) is 2.63. The molecule has 0 radical (unpaired) electrons. The Morgan fingerprint density at radius 3 is 2.59 bits per heavy atom. The molecule has 1 aromatic carbocycles. The van der Waals surface area contributed by atoms with Crippen LogP contribution in [0.4, 0.5) is 19.1 Å². The van der Waals surface area contributed by atoms with E-state index in [1.54, 1.807) is 6.92 Å². The summed E-state index contributed by atoms with van der Waals surface area (Å²) < 4.78 is 39.8. The Morgan fingerprint density at radius 2 is 1.96 bits per heavy atom. The summed E-state index contributed by atoms with van der Waals surface area (Å²) in [5, 5.41) is 0. The van der Waals surface area contributed by atoms with Gasteiger partial charge in [0.1, 0.15) is 5.69 Å². The van der Waals surface area contributed by atoms with Gasteiger partial charge in [-0.15, -0.1) is 0 Å². The summed E-state index contributed by atoms with van der Waals surface area (Å²) in [5.74, 6) is -0.789. The van der Waals surface area contributed by atoms with E-state index in [0.29, 0.717) is 21.4 Å². The molecule has 3 aromatic rings. The number of aromatic nitrogens is 3. The van der Waals surface area contributed by atoms with Crippen LogP contribution in [0, 0.1) is 6.92 Å². The number of nitrogens with two attached hydrogens (primary N) is 2. The largest absolute Gasteiger partial charge is 0.416 e. The lowest BCUT2D eigenvalue weighted by molar-refractivity contribution is -0.137. The molecular weight excluding hydrogens is 427 g/mol. The molecule has 0 atom stereocenters. The minimum atomic E-state index is -4.52. The zero-order chi connectivity index (χ0) is 19.9. The summed E-state index contributed by atoms with van der Waals surface area (Å²) in [7, 11) is 0. The molecule has 0 aliphatic rings. The van der Waals surface area contributed by atoms with Crippen molar-refractivity contribution in [3.63, 3.8) is 0 Å². The third-order valence-electron chi connectivity index (χ3n) is 3.94. The predicted molar refractivity (Wildman–Crippen MR) is 97.6 cm³/mol. The van der Waals surface area contributed by atoms with Crippen molar-refractivity contribution < 1.29 is 18.0 Å². The average molecular weight is 440 g/mol. The van der Waals surface area contributed by atoms with Crippen LogP contribution in [0.2, 0.25) is 0 Å². The van der Waals surface area contributed by atoms with Crippen LogP contribution in [0.3, 0.4) is 0 Å². The van der Waals surface area contributed by atoms with Crippen LogP contribution in [-0.4, -0.2) is 20.9 Å². The summed E-state index contributed by atoms with van der Waals surface area (Å²) >= 11 is 3.28. The van der Waals surface area contributed by atoms with Crippen LogP contribution < -0.4 is 11.5 Å². The topological polar surface area (TPSA) is 111 Å². The first-order valence-corrected chi connectivity index (χ1v) is 8.36. The van der Waals surface area contributed by atoms with Crippen LogP contribution in [0.1, 0.15) is 21.5 Å². The number of anilines is 1. The fraction of sp³-hybridized carbons (Fsp3) is 0.118. The molecule has 0 aliphatic heterocycles. The molecule has 1 amide bonds. The number of halogens is 4. The van der Waals surface area contributed by atoms with Crippen molar-refractivity contribution in [2.24, 2.45) is 5.73 Å². The highest BCUT2D eigenvalue weighted by atomic mass is 79.9. The Bertz CT molecular complexity index is 1050. The molecule has 0 spiro atoms.